The van der Waals surface area contributed by atoms with Gasteiger partial charge in [-0.2, -0.15) is 0 Å². The molecule has 0 amide bonds. The molecule has 0 aromatic heterocycles. The van der Waals surface area contributed by atoms with Gasteiger partial charge in [0, 0.05) is 18.4 Å². The van der Waals surface area contributed by atoms with Crippen LogP contribution in [0.15, 0.2) is 0 Å². The zero-order valence-electron chi connectivity index (χ0n) is 10.0. The van der Waals surface area contributed by atoms with Crippen molar-refractivity contribution in [3.63, 3.8) is 0 Å². The lowest BCUT2D eigenvalue weighted by atomic mass is 9.77. The molecule has 0 aliphatic carbocycles. The molecule has 0 fully saturated rings. The van der Waals surface area contributed by atoms with E-state index in [0.29, 0.717) is 0 Å². The van der Waals surface area contributed by atoms with Crippen LogP contribution < -0.4 is 0 Å². The molecule has 0 saturated carbocycles. The molecule has 0 aliphatic heterocycles. The SMILES string of the molecule is CC(CCO)(CC(=O)CC(=O)O)C(Cl)CC(Cl)Cl. The van der Waals surface area contributed by atoms with E-state index in [4.69, 9.17) is 45.0 Å². The van der Waals surface area contributed by atoms with Crippen molar-refractivity contribution >= 4 is 46.6 Å². The minimum atomic E-state index is -1.18. The van der Waals surface area contributed by atoms with Gasteiger partial charge in [0.05, 0.1) is 0 Å². The Bertz CT molecular complexity index is 296. The number of hydrogen-bond acceptors (Lipinski definition) is 3. The Morgan fingerprint density at radius 2 is 1.83 bits per heavy atom. The van der Waals surface area contributed by atoms with Crippen LogP contribution in [-0.2, 0) is 9.59 Å². The van der Waals surface area contributed by atoms with E-state index in [9.17, 15) is 9.59 Å². The van der Waals surface area contributed by atoms with Gasteiger partial charge in [0.1, 0.15) is 17.0 Å². The van der Waals surface area contributed by atoms with E-state index in [1.165, 1.54) is 0 Å². The molecule has 0 spiro atoms. The third-order valence-corrected chi connectivity index (χ3v) is 3.83. The summed E-state index contributed by atoms with van der Waals surface area (Å²) in [7, 11) is 0. The number of carboxylic acid groups (broad SMARTS) is 1. The summed E-state index contributed by atoms with van der Waals surface area (Å²) in [6, 6.07) is 0. The van der Waals surface area contributed by atoms with Gasteiger partial charge in [-0.3, -0.25) is 9.59 Å². The van der Waals surface area contributed by atoms with E-state index >= 15 is 0 Å². The Morgan fingerprint density at radius 3 is 2.22 bits per heavy atom. The van der Waals surface area contributed by atoms with E-state index in [0.717, 1.165) is 0 Å². The molecule has 4 nitrogen and oxygen atoms in total. The second kappa shape index (κ2) is 8.20. The molecular weight excluding hydrogens is 302 g/mol. The van der Waals surface area contributed by atoms with Gasteiger partial charge < -0.3 is 10.2 Å². The maximum absolute atomic E-state index is 11.5. The largest absolute Gasteiger partial charge is 0.481 e. The lowest BCUT2D eigenvalue weighted by molar-refractivity contribution is -0.140. The number of carbonyl (C=O) groups is 2. The lowest BCUT2D eigenvalue weighted by Gasteiger charge is -2.33. The van der Waals surface area contributed by atoms with Crippen molar-refractivity contribution in [3.8, 4) is 0 Å². The average molecular weight is 320 g/mol. The molecule has 0 aliphatic rings. The van der Waals surface area contributed by atoms with Crippen molar-refractivity contribution in [2.45, 2.75) is 42.8 Å². The maximum Gasteiger partial charge on any atom is 0.310 e. The number of rotatable bonds is 9. The number of halogens is 3. The van der Waals surface area contributed by atoms with Gasteiger partial charge in [0.15, 0.2) is 0 Å². The lowest BCUT2D eigenvalue weighted by Crippen LogP contribution is -2.33. The summed E-state index contributed by atoms with van der Waals surface area (Å²) in [5, 5.41) is 17.1. The van der Waals surface area contributed by atoms with E-state index < -0.39 is 33.8 Å². The van der Waals surface area contributed by atoms with Crippen molar-refractivity contribution < 1.29 is 19.8 Å². The van der Waals surface area contributed by atoms with Gasteiger partial charge in [-0.1, -0.05) is 6.92 Å². The molecular formula is C11H17Cl3O4. The Kier molecular flexibility index (Phi) is 8.19. The fourth-order valence-corrected chi connectivity index (χ4v) is 2.64. The molecule has 106 valence electrons. The van der Waals surface area contributed by atoms with Crippen LogP contribution in [0.2, 0.25) is 0 Å². The highest BCUT2D eigenvalue weighted by Gasteiger charge is 2.35. The van der Waals surface area contributed by atoms with Crippen LogP contribution in [0.3, 0.4) is 0 Å². The zero-order chi connectivity index (χ0) is 14.3. The minimum absolute atomic E-state index is 0.0193. The Balaban J connectivity index is 4.68. The second-order valence-corrected chi connectivity index (χ2v) is 6.31. The average Bonchev–Trinajstić information content (AvgIpc) is 2.14. The first-order valence-corrected chi connectivity index (χ1v) is 6.78. The number of Topliss-reactive ketones (excluding diaryl/α,β-unsaturated/α-hetero) is 1. The van der Waals surface area contributed by atoms with Crippen LogP contribution in [0, 0.1) is 5.41 Å². The van der Waals surface area contributed by atoms with E-state index in [1.54, 1.807) is 6.92 Å². The van der Waals surface area contributed by atoms with Crippen LogP contribution in [0.4, 0.5) is 0 Å². The van der Waals surface area contributed by atoms with Gasteiger partial charge in [0.25, 0.3) is 0 Å². The van der Waals surface area contributed by atoms with Crippen LogP contribution in [0.25, 0.3) is 0 Å². The Morgan fingerprint density at radius 1 is 1.28 bits per heavy atom. The second-order valence-electron chi connectivity index (χ2n) is 4.51. The van der Waals surface area contributed by atoms with Crippen molar-refractivity contribution in [2.75, 3.05) is 6.61 Å². The highest BCUT2D eigenvalue weighted by Crippen LogP contribution is 2.38. The summed E-state index contributed by atoms with van der Waals surface area (Å²) < 4.78 is 0. The van der Waals surface area contributed by atoms with Crippen molar-refractivity contribution in [1.29, 1.82) is 0 Å². The highest BCUT2D eigenvalue weighted by molar-refractivity contribution is 6.44. The molecule has 7 heteroatoms. The van der Waals surface area contributed by atoms with E-state index in [1.807, 2.05) is 0 Å². The zero-order valence-corrected chi connectivity index (χ0v) is 12.3. The van der Waals surface area contributed by atoms with Crippen LogP contribution >= 0.6 is 34.8 Å². The van der Waals surface area contributed by atoms with Gasteiger partial charge in [-0.25, -0.2) is 0 Å². The molecule has 0 rings (SSSR count). The molecule has 0 bridgehead atoms. The van der Waals surface area contributed by atoms with E-state index in [2.05, 4.69) is 0 Å². The number of aliphatic hydroxyl groups is 1. The normalized spacial score (nSPS) is 16.3. The topological polar surface area (TPSA) is 74.6 Å². The Hall–Kier alpha value is -0.0300. The standard InChI is InChI=1S/C11H17Cl3O4/c1-11(2-3-15,8(12)5-9(13)14)6-7(16)4-10(17)18/h8-9,15H,2-6H2,1H3,(H,17,18). The molecule has 2 unspecified atom stereocenters. The first-order valence-electron chi connectivity index (χ1n) is 5.48. The van der Waals surface area contributed by atoms with Gasteiger partial charge in [0.2, 0.25) is 0 Å². The van der Waals surface area contributed by atoms with Gasteiger partial charge >= 0.3 is 5.97 Å². The predicted molar refractivity (Wildman–Crippen MR) is 71.4 cm³/mol. The molecule has 0 aromatic carbocycles. The fourth-order valence-electron chi connectivity index (χ4n) is 1.73. The van der Waals surface area contributed by atoms with Crippen LogP contribution in [0.5, 0.6) is 0 Å². The number of hydrogen-bond donors (Lipinski definition) is 2. The summed E-state index contributed by atoms with van der Waals surface area (Å²) in [5.74, 6) is -1.60. The third-order valence-electron chi connectivity index (χ3n) is 2.77. The summed E-state index contributed by atoms with van der Waals surface area (Å²) in [6.45, 7) is 1.58. The molecule has 18 heavy (non-hydrogen) atoms. The smallest absolute Gasteiger partial charge is 0.310 e. The molecule has 0 heterocycles. The number of carbonyl (C=O) groups excluding carboxylic acids is 1. The van der Waals surface area contributed by atoms with Gasteiger partial charge in [-0.05, 0) is 18.3 Å². The highest BCUT2D eigenvalue weighted by atomic mass is 35.5. The summed E-state index contributed by atoms with van der Waals surface area (Å²) in [4.78, 5) is 21.3. The molecule has 0 aromatic rings. The number of carboxylic acids is 1. The molecule has 0 saturated heterocycles. The fraction of sp³-hybridized carbons (Fsp3) is 0.818. The van der Waals surface area contributed by atoms with Crippen LogP contribution in [-0.4, -0.2) is 38.8 Å². The minimum Gasteiger partial charge on any atom is -0.481 e. The van der Waals surface area contributed by atoms with Crippen LogP contribution in [0.1, 0.15) is 32.6 Å². The number of aliphatic hydroxyl groups excluding tert-OH is 1. The third kappa shape index (κ3) is 6.78. The van der Waals surface area contributed by atoms with Crippen molar-refractivity contribution in [3.05, 3.63) is 0 Å². The summed E-state index contributed by atoms with van der Waals surface area (Å²) in [6.07, 6.45) is -0.0150. The monoisotopic (exact) mass is 318 g/mol. The first kappa shape index (κ1) is 18.0. The summed E-state index contributed by atoms with van der Waals surface area (Å²) in [5.41, 5.74) is -0.717. The summed E-state index contributed by atoms with van der Waals surface area (Å²) >= 11 is 17.4. The Labute approximate surface area is 121 Å². The van der Waals surface area contributed by atoms with E-state index in [-0.39, 0.29) is 25.9 Å². The molecule has 2 atom stereocenters. The maximum atomic E-state index is 11.5. The first-order chi connectivity index (χ1) is 8.21. The quantitative estimate of drug-likeness (QED) is 0.506. The number of ketones is 1. The predicted octanol–water partition coefficient (Wildman–Crippen LogP) is 2.61. The molecule has 0 radical (unpaired) electrons. The van der Waals surface area contributed by atoms with Crippen molar-refractivity contribution in [2.24, 2.45) is 5.41 Å². The van der Waals surface area contributed by atoms with Crippen molar-refractivity contribution in [1.82, 2.24) is 0 Å². The molecule has 2 N–H and O–H groups in total. The number of aliphatic carboxylic acids is 1. The number of alkyl halides is 3. The van der Waals surface area contributed by atoms with Gasteiger partial charge in [-0.15, -0.1) is 34.8 Å².